The van der Waals surface area contributed by atoms with E-state index in [-0.39, 0.29) is 18.3 Å². The molecular weight excluding hydrogens is 567 g/mol. The first-order valence-corrected chi connectivity index (χ1v) is 14.1. The summed E-state index contributed by atoms with van der Waals surface area (Å²) in [6, 6.07) is 12.8. The van der Waals surface area contributed by atoms with Gasteiger partial charge in [0.15, 0.2) is 11.0 Å². The highest BCUT2D eigenvalue weighted by molar-refractivity contribution is 7.99. The van der Waals surface area contributed by atoms with Crippen molar-refractivity contribution in [1.82, 2.24) is 14.8 Å². The molecule has 12 heteroatoms. The maximum absolute atomic E-state index is 12.8. The molecule has 0 spiro atoms. The molecule has 1 amide bonds. The third-order valence-corrected chi connectivity index (χ3v) is 7.88. The number of hydrogen-bond acceptors (Lipinski definition) is 8. The monoisotopic (exact) mass is 590 g/mol. The standard InChI is InChI=1S/C26H24Cl2N4O4S2/c1-4-32-21(12-36-20-10-9-17(27)11-19(20)28)30-31-26(32)38-14-22(33)29-24-23(25(34)35-3)18(13-37-24)16-7-5-15(2)6-8-16/h5-11,13H,4,12,14H2,1-3H3,(H,29,33). The minimum atomic E-state index is -0.513. The molecule has 198 valence electrons. The van der Waals surface area contributed by atoms with Crippen LogP contribution in [0, 0.1) is 6.92 Å². The largest absolute Gasteiger partial charge is 0.484 e. The molecule has 2 heterocycles. The van der Waals surface area contributed by atoms with E-state index >= 15 is 0 Å². The molecule has 0 saturated carbocycles. The van der Waals surface area contributed by atoms with Crippen LogP contribution in [-0.4, -0.2) is 39.5 Å². The van der Waals surface area contributed by atoms with Crippen LogP contribution >= 0.6 is 46.3 Å². The first-order chi connectivity index (χ1) is 18.3. The summed E-state index contributed by atoms with van der Waals surface area (Å²) in [7, 11) is 1.32. The van der Waals surface area contributed by atoms with E-state index in [1.807, 2.05) is 48.1 Å². The zero-order valence-corrected chi connectivity index (χ0v) is 23.9. The van der Waals surface area contributed by atoms with Gasteiger partial charge in [-0.05, 0) is 37.6 Å². The van der Waals surface area contributed by atoms with Crippen LogP contribution in [0.25, 0.3) is 11.1 Å². The van der Waals surface area contributed by atoms with Crippen molar-refractivity contribution in [1.29, 1.82) is 0 Å². The van der Waals surface area contributed by atoms with Gasteiger partial charge in [0.05, 0.1) is 17.9 Å². The molecule has 0 saturated heterocycles. The zero-order valence-electron chi connectivity index (χ0n) is 20.8. The lowest BCUT2D eigenvalue weighted by molar-refractivity contribution is -0.113. The fraction of sp³-hybridized carbons (Fsp3) is 0.231. The van der Waals surface area contributed by atoms with E-state index in [0.717, 1.165) is 11.1 Å². The number of thiophene rings is 1. The molecule has 4 aromatic rings. The number of methoxy groups -OCH3 is 1. The first kappa shape index (κ1) is 28.0. The van der Waals surface area contributed by atoms with Gasteiger partial charge in [0.1, 0.15) is 22.9 Å². The molecule has 0 aliphatic heterocycles. The number of nitrogens with one attached hydrogen (secondary N) is 1. The summed E-state index contributed by atoms with van der Waals surface area (Å²) in [5.74, 6) is 0.350. The number of rotatable bonds is 10. The predicted molar refractivity (Wildman–Crippen MR) is 152 cm³/mol. The number of aromatic nitrogens is 3. The van der Waals surface area contributed by atoms with Gasteiger partial charge in [-0.2, -0.15) is 0 Å². The van der Waals surface area contributed by atoms with E-state index in [2.05, 4.69) is 15.5 Å². The van der Waals surface area contributed by atoms with Gasteiger partial charge in [0.25, 0.3) is 0 Å². The molecule has 0 unspecified atom stereocenters. The molecule has 2 aromatic carbocycles. The van der Waals surface area contributed by atoms with Crippen LogP contribution in [-0.2, 0) is 22.7 Å². The normalized spacial score (nSPS) is 10.9. The van der Waals surface area contributed by atoms with Gasteiger partial charge in [-0.25, -0.2) is 4.79 Å². The van der Waals surface area contributed by atoms with Crippen molar-refractivity contribution in [2.24, 2.45) is 0 Å². The summed E-state index contributed by atoms with van der Waals surface area (Å²) in [4.78, 5) is 25.4. The lowest BCUT2D eigenvalue weighted by Gasteiger charge is -2.10. The van der Waals surface area contributed by atoms with Crippen molar-refractivity contribution >= 4 is 63.2 Å². The van der Waals surface area contributed by atoms with E-state index < -0.39 is 5.97 Å². The van der Waals surface area contributed by atoms with E-state index in [1.54, 1.807) is 18.2 Å². The number of benzene rings is 2. The fourth-order valence-corrected chi connectivity index (χ4v) is 5.84. The Hall–Kier alpha value is -3.05. The van der Waals surface area contributed by atoms with Crippen molar-refractivity contribution in [2.75, 3.05) is 18.2 Å². The number of thioether (sulfide) groups is 1. The number of esters is 1. The molecule has 0 bridgehead atoms. The Morgan fingerprint density at radius 3 is 2.58 bits per heavy atom. The molecule has 0 radical (unpaired) electrons. The highest BCUT2D eigenvalue weighted by Gasteiger charge is 2.23. The summed E-state index contributed by atoms with van der Waals surface area (Å²) < 4.78 is 12.6. The summed E-state index contributed by atoms with van der Waals surface area (Å²) in [5, 5.41) is 15.0. The smallest absolute Gasteiger partial charge is 0.341 e. The molecular formula is C26H24Cl2N4O4S2. The van der Waals surface area contributed by atoms with Crippen LogP contribution in [0.15, 0.2) is 53.0 Å². The maximum atomic E-state index is 12.8. The highest BCUT2D eigenvalue weighted by atomic mass is 35.5. The van der Waals surface area contributed by atoms with Crippen LogP contribution in [0.2, 0.25) is 10.0 Å². The van der Waals surface area contributed by atoms with Crippen LogP contribution in [0.3, 0.4) is 0 Å². The van der Waals surface area contributed by atoms with Crippen molar-refractivity contribution in [3.05, 3.63) is 74.8 Å². The van der Waals surface area contributed by atoms with Gasteiger partial charge in [0.2, 0.25) is 5.91 Å². The Morgan fingerprint density at radius 2 is 1.89 bits per heavy atom. The number of carbonyl (C=O) groups excluding carboxylic acids is 2. The SMILES string of the molecule is CCn1c(COc2ccc(Cl)cc2Cl)nnc1SCC(=O)Nc1scc(-c2ccc(C)cc2)c1C(=O)OC. The van der Waals surface area contributed by atoms with Gasteiger partial charge in [-0.1, -0.05) is 64.8 Å². The summed E-state index contributed by atoms with van der Waals surface area (Å²) in [6.07, 6.45) is 0. The Morgan fingerprint density at radius 1 is 1.13 bits per heavy atom. The minimum absolute atomic E-state index is 0.0698. The van der Waals surface area contributed by atoms with Crippen molar-refractivity contribution in [2.45, 2.75) is 32.2 Å². The Labute approximate surface area is 238 Å². The van der Waals surface area contributed by atoms with Crippen LogP contribution in [0.4, 0.5) is 5.00 Å². The number of anilines is 1. The Bertz CT molecular complexity index is 1450. The Balaban J connectivity index is 1.43. The number of ether oxygens (including phenoxy) is 2. The lowest BCUT2D eigenvalue weighted by atomic mass is 10.0. The maximum Gasteiger partial charge on any atom is 0.341 e. The highest BCUT2D eigenvalue weighted by Crippen LogP contribution is 2.36. The molecule has 2 aromatic heterocycles. The van der Waals surface area contributed by atoms with Crippen LogP contribution in [0.5, 0.6) is 5.75 Å². The average molecular weight is 592 g/mol. The zero-order chi connectivity index (χ0) is 27.2. The van der Waals surface area contributed by atoms with E-state index in [1.165, 1.54) is 30.2 Å². The molecule has 1 N–H and O–H groups in total. The first-order valence-electron chi connectivity index (χ1n) is 11.5. The summed E-state index contributed by atoms with van der Waals surface area (Å²) >= 11 is 14.6. The van der Waals surface area contributed by atoms with Crippen LogP contribution in [0.1, 0.15) is 28.7 Å². The summed E-state index contributed by atoms with van der Waals surface area (Å²) in [6.45, 7) is 4.68. The molecule has 4 rings (SSSR count). The van der Waals surface area contributed by atoms with Crippen molar-refractivity contribution in [3.63, 3.8) is 0 Å². The second-order valence-corrected chi connectivity index (χ2v) is 10.7. The number of nitrogens with zero attached hydrogens (tertiary/aromatic N) is 3. The third-order valence-electron chi connectivity index (χ3n) is 5.49. The number of carbonyl (C=O) groups is 2. The summed E-state index contributed by atoms with van der Waals surface area (Å²) in [5.41, 5.74) is 3.02. The number of halogens is 2. The predicted octanol–water partition coefficient (Wildman–Crippen LogP) is 6.74. The molecule has 0 atom stereocenters. The van der Waals surface area contributed by atoms with Gasteiger partial charge in [-0.3, -0.25) is 4.79 Å². The van der Waals surface area contributed by atoms with Gasteiger partial charge >= 0.3 is 5.97 Å². The average Bonchev–Trinajstić information content (AvgIpc) is 3.50. The van der Waals surface area contributed by atoms with Crippen molar-refractivity contribution in [3.8, 4) is 16.9 Å². The van der Waals surface area contributed by atoms with Gasteiger partial charge in [-0.15, -0.1) is 21.5 Å². The Kier molecular flexibility index (Phi) is 9.32. The molecule has 38 heavy (non-hydrogen) atoms. The lowest BCUT2D eigenvalue weighted by Crippen LogP contribution is -2.16. The van der Waals surface area contributed by atoms with E-state index in [9.17, 15) is 9.59 Å². The third kappa shape index (κ3) is 6.50. The second kappa shape index (κ2) is 12.7. The second-order valence-electron chi connectivity index (χ2n) is 8.05. The molecule has 0 aliphatic rings. The number of hydrogen-bond donors (Lipinski definition) is 1. The molecule has 0 fully saturated rings. The van der Waals surface area contributed by atoms with E-state index in [4.69, 9.17) is 32.7 Å². The minimum Gasteiger partial charge on any atom is -0.484 e. The molecule has 0 aliphatic carbocycles. The van der Waals surface area contributed by atoms with Gasteiger partial charge < -0.3 is 19.4 Å². The number of aryl methyl sites for hydroxylation is 1. The quantitative estimate of drug-likeness (QED) is 0.161. The van der Waals surface area contributed by atoms with Crippen LogP contribution < -0.4 is 10.1 Å². The van der Waals surface area contributed by atoms with Crippen molar-refractivity contribution < 1.29 is 19.1 Å². The number of amides is 1. The molecule has 8 nitrogen and oxygen atoms in total. The topological polar surface area (TPSA) is 95.3 Å². The van der Waals surface area contributed by atoms with E-state index in [0.29, 0.717) is 49.4 Å². The van der Waals surface area contributed by atoms with Gasteiger partial charge in [0, 0.05) is 22.5 Å². The fourth-order valence-electron chi connectivity index (χ4n) is 3.58.